The summed E-state index contributed by atoms with van der Waals surface area (Å²) in [4.78, 5) is 41.4. The van der Waals surface area contributed by atoms with E-state index >= 15 is 0 Å². The standard InChI is InChI=1S/C21H26N4O3/c26-19(18-17(22-15-7-4-8-15)20(27)25-21(28)24-18)23-16-11-9-14(10-12-16)13-5-2-1-3-6-13/h1-3,5-6,14-16,22H,4,7-12H2,(H,23,26)(H2,24,25,27,28). The topological polar surface area (TPSA) is 107 Å². The molecular weight excluding hydrogens is 356 g/mol. The normalized spacial score (nSPS) is 22.3. The van der Waals surface area contributed by atoms with Gasteiger partial charge in [-0.15, -0.1) is 0 Å². The van der Waals surface area contributed by atoms with E-state index in [0.717, 1.165) is 44.9 Å². The van der Waals surface area contributed by atoms with Crippen LogP contribution in [0.15, 0.2) is 39.9 Å². The molecule has 2 aromatic rings. The van der Waals surface area contributed by atoms with E-state index in [4.69, 9.17) is 0 Å². The second-order valence-electron chi connectivity index (χ2n) is 7.86. The summed E-state index contributed by atoms with van der Waals surface area (Å²) in [5.41, 5.74) is 0.333. The van der Waals surface area contributed by atoms with E-state index in [9.17, 15) is 14.4 Å². The van der Waals surface area contributed by atoms with Gasteiger partial charge in [0.15, 0.2) is 0 Å². The number of carbonyl (C=O) groups excluding carboxylic acids is 1. The fraction of sp³-hybridized carbons (Fsp3) is 0.476. The molecule has 7 nitrogen and oxygen atoms in total. The van der Waals surface area contributed by atoms with E-state index in [-0.39, 0.29) is 23.5 Å². The Morgan fingerprint density at radius 2 is 1.61 bits per heavy atom. The van der Waals surface area contributed by atoms with Crippen molar-refractivity contribution >= 4 is 11.6 Å². The molecule has 0 aliphatic heterocycles. The van der Waals surface area contributed by atoms with Gasteiger partial charge in [0.2, 0.25) is 0 Å². The Bertz CT molecular complexity index is 938. The number of amides is 1. The Morgan fingerprint density at radius 3 is 2.25 bits per heavy atom. The summed E-state index contributed by atoms with van der Waals surface area (Å²) in [5.74, 6) is 0.123. The Balaban J connectivity index is 1.43. The highest BCUT2D eigenvalue weighted by atomic mass is 16.2. The molecule has 0 saturated heterocycles. The number of nitrogens with one attached hydrogen (secondary N) is 4. The minimum atomic E-state index is -0.665. The minimum Gasteiger partial charge on any atom is -0.376 e. The van der Waals surface area contributed by atoms with Crippen LogP contribution < -0.4 is 21.9 Å². The predicted molar refractivity (Wildman–Crippen MR) is 108 cm³/mol. The first-order valence-corrected chi connectivity index (χ1v) is 10.1. The summed E-state index contributed by atoms with van der Waals surface area (Å²) in [5, 5.41) is 6.12. The largest absolute Gasteiger partial charge is 0.376 e. The van der Waals surface area contributed by atoms with E-state index < -0.39 is 17.2 Å². The summed E-state index contributed by atoms with van der Waals surface area (Å²) in [6.07, 6.45) is 6.80. The molecule has 7 heteroatoms. The number of carbonyl (C=O) groups is 1. The molecule has 0 spiro atoms. The third-order valence-corrected chi connectivity index (χ3v) is 5.96. The van der Waals surface area contributed by atoms with E-state index in [1.165, 1.54) is 5.56 Å². The lowest BCUT2D eigenvalue weighted by Crippen LogP contribution is -2.41. The molecule has 2 aliphatic carbocycles. The Kier molecular flexibility index (Phi) is 5.32. The lowest BCUT2D eigenvalue weighted by atomic mass is 9.82. The molecule has 4 N–H and O–H groups in total. The number of rotatable bonds is 5. The van der Waals surface area contributed by atoms with E-state index in [0.29, 0.717) is 5.92 Å². The maximum absolute atomic E-state index is 12.8. The third-order valence-electron chi connectivity index (χ3n) is 5.96. The third kappa shape index (κ3) is 4.03. The monoisotopic (exact) mass is 382 g/mol. The van der Waals surface area contributed by atoms with Crippen molar-refractivity contribution < 1.29 is 4.79 Å². The van der Waals surface area contributed by atoms with Crippen molar-refractivity contribution in [2.75, 3.05) is 5.32 Å². The van der Waals surface area contributed by atoms with Crippen molar-refractivity contribution in [1.82, 2.24) is 15.3 Å². The van der Waals surface area contributed by atoms with Gasteiger partial charge in [0.05, 0.1) is 0 Å². The van der Waals surface area contributed by atoms with Crippen LogP contribution in [-0.4, -0.2) is 28.0 Å². The van der Waals surface area contributed by atoms with Gasteiger partial charge in [0, 0.05) is 12.1 Å². The molecule has 2 aliphatic rings. The van der Waals surface area contributed by atoms with Gasteiger partial charge in [-0.1, -0.05) is 30.3 Å². The van der Waals surface area contributed by atoms with Crippen LogP contribution in [0.4, 0.5) is 5.69 Å². The number of H-pyrrole nitrogens is 2. The van der Waals surface area contributed by atoms with Crippen LogP contribution in [0.2, 0.25) is 0 Å². The van der Waals surface area contributed by atoms with Crippen LogP contribution in [0.25, 0.3) is 0 Å². The first-order chi connectivity index (χ1) is 13.6. The fourth-order valence-electron chi connectivity index (χ4n) is 4.11. The van der Waals surface area contributed by atoms with Gasteiger partial charge in [-0.2, -0.15) is 0 Å². The predicted octanol–water partition coefficient (Wildman–Crippen LogP) is 2.48. The average Bonchev–Trinajstić information content (AvgIpc) is 2.66. The minimum absolute atomic E-state index is 0.0332. The highest BCUT2D eigenvalue weighted by Crippen LogP contribution is 2.32. The van der Waals surface area contributed by atoms with Gasteiger partial charge in [-0.3, -0.25) is 14.6 Å². The van der Waals surface area contributed by atoms with Crippen LogP contribution in [0, 0.1) is 0 Å². The van der Waals surface area contributed by atoms with Crippen molar-refractivity contribution in [2.45, 2.75) is 62.9 Å². The maximum Gasteiger partial charge on any atom is 0.326 e. The highest BCUT2D eigenvalue weighted by Gasteiger charge is 2.27. The molecule has 28 heavy (non-hydrogen) atoms. The van der Waals surface area contributed by atoms with Crippen molar-refractivity contribution in [3.05, 3.63) is 62.4 Å². The summed E-state index contributed by atoms with van der Waals surface area (Å²) in [6, 6.07) is 10.7. The molecule has 4 rings (SSSR count). The molecule has 0 radical (unpaired) electrons. The van der Waals surface area contributed by atoms with Gasteiger partial charge < -0.3 is 15.6 Å². The number of hydrogen-bond acceptors (Lipinski definition) is 4. The van der Waals surface area contributed by atoms with E-state index in [2.05, 4.69) is 44.9 Å². The average molecular weight is 382 g/mol. The Labute approximate surface area is 163 Å². The van der Waals surface area contributed by atoms with Crippen LogP contribution in [0.1, 0.15) is 66.9 Å². The van der Waals surface area contributed by atoms with Gasteiger partial charge in [0.25, 0.3) is 11.5 Å². The number of aromatic amines is 2. The number of anilines is 1. The number of hydrogen-bond donors (Lipinski definition) is 4. The number of aromatic nitrogens is 2. The zero-order valence-corrected chi connectivity index (χ0v) is 15.8. The van der Waals surface area contributed by atoms with Crippen LogP contribution in [0.3, 0.4) is 0 Å². The molecule has 1 aromatic carbocycles. The second kappa shape index (κ2) is 8.04. The van der Waals surface area contributed by atoms with Crippen LogP contribution in [-0.2, 0) is 0 Å². The molecule has 2 saturated carbocycles. The molecular formula is C21H26N4O3. The van der Waals surface area contributed by atoms with Crippen LogP contribution in [0.5, 0.6) is 0 Å². The van der Waals surface area contributed by atoms with Crippen molar-refractivity contribution in [3.63, 3.8) is 0 Å². The molecule has 1 aromatic heterocycles. The SMILES string of the molecule is O=C(NC1CCC(c2ccccc2)CC1)c1[nH]c(=O)[nH]c(=O)c1NC1CCC1. The zero-order valence-electron chi connectivity index (χ0n) is 15.8. The Hall–Kier alpha value is -2.83. The molecule has 0 unspecified atom stereocenters. The molecule has 0 atom stereocenters. The number of benzene rings is 1. The highest BCUT2D eigenvalue weighted by molar-refractivity contribution is 5.97. The first-order valence-electron chi connectivity index (χ1n) is 10.1. The molecule has 1 amide bonds. The molecule has 2 fully saturated rings. The van der Waals surface area contributed by atoms with Gasteiger partial charge in [-0.25, -0.2) is 4.79 Å². The summed E-state index contributed by atoms with van der Waals surface area (Å²) < 4.78 is 0. The lowest BCUT2D eigenvalue weighted by Gasteiger charge is -2.30. The van der Waals surface area contributed by atoms with Crippen molar-refractivity contribution in [2.24, 2.45) is 0 Å². The first kappa shape index (κ1) is 18.5. The summed E-state index contributed by atoms with van der Waals surface area (Å²) in [6.45, 7) is 0. The zero-order chi connectivity index (χ0) is 19.5. The molecule has 1 heterocycles. The van der Waals surface area contributed by atoms with E-state index in [1.807, 2.05) is 6.07 Å². The maximum atomic E-state index is 12.8. The smallest absolute Gasteiger partial charge is 0.326 e. The quantitative estimate of drug-likeness (QED) is 0.637. The molecule has 148 valence electrons. The fourth-order valence-corrected chi connectivity index (χ4v) is 4.11. The summed E-state index contributed by atoms with van der Waals surface area (Å²) in [7, 11) is 0. The molecule has 0 bridgehead atoms. The second-order valence-corrected chi connectivity index (χ2v) is 7.86. The summed E-state index contributed by atoms with van der Waals surface area (Å²) >= 11 is 0. The van der Waals surface area contributed by atoms with Gasteiger partial charge >= 0.3 is 5.69 Å². The van der Waals surface area contributed by atoms with Gasteiger partial charge in [0.1, 0.15) is 11.4 Å². The van der Waals surface area contributed by atoms with Gasteiger partial charge in [-0.05, 0) is 56.4 Å². The lowest BCUT2D eigenvalue weighted by molar-refractivity contribution is 0.0921. The van der Waals surface area contributed by atoms with E-state index in [1.54, 1.807) is 0 Å². The van der Waals surface area contributed by atoms with Crippen molar-refractivity contribution in [3.8, 4) is 0 Å². The van der Waals surface area contributed by atoms with Crippen LogP contribution >= 0.6 is 0 Å². The Morgan fingerprint density at radius 1 is 0.893 bits per heavy atom. The van der Waals surface area contributed by atoms with Crippen molar-refractivity contribution in [1.29, 1.82) is 0 Å².